The van der Waals surface area contributed by atoms with E-state index in [-0.39, 0.29) is 22.0 Å². The van der Waals surface area contributed by atoms with Gasteiger partial charge in [0, 0.05) is 23.7 Å². The van der Waals surface area contributed by atoms with Gasteiger partial charge in [0.05, 0.1) is 27.2 Å². The number of hydrogen-bond acceptors (Lipinski definition) is 6. The van der Waals surface area contributed by atoms with Gasteiger partial charge in [0.15, 0.2) is 10.9 Å². The molecule has 7 nitrogen and oxygen atoms in total. The number of carbonyl (C=O) groups is 1. The summed E-state index contributed by atoms with van der Waals surface area (Å²) in [4.78, 5) is 31.6. The second-order valence-corrected chi connectivity index (χ2v) is 12.7. The largest absolute Gasteiger partial charge is 0.293 e. The van der Waals surface area contributed by atoms with E-state index < -0.39 is 10.0 Å². The Labute approximate surface area is 244 Å². The minimum atomic E-state index is -3.62. The Morgan fingerprint density at radius 1 is 1.00 bits per heavy atom. The molecule has 0 spiro atoms. The third-order valence-electron chi connectivity index (χ3n) is 6.99. The highest BCUT2D eigenvalue weighted by Gasteiger charge is 2.22. The molecule has 0 aliphatic heterocycles. The summed E-state index contributed by atoms with van der Waals surface area (Å²) in [6.07, 6.45) is 1.00. The molecule has 3 aromatic carbocycles. The van der Waals surface area contributed by atoms with E-state index in [0.717, 1.165) is 18.2 Å². The lowest BCUT2D eigenvalue weighted by Gasteiger charge is -2.18. The zero-order valence-corrected chi connectivity index (χ0v) is 25.3. The van der Waals surface area contributed by atoms with Gasteiger partial charge in [0.25, 0.3) is 5.56 Å². The van der Waals surface area contributed by atoms with Crippen molar-refractivity contribution in [3.63, 3.8) is 0 Å². The maximum absolute atomic E-state index is 13.6. The van der Waals surface area contributed by atoms with Gasteiger partial charge in [-0.05, 0) is 60.4 Å². The number of fused-ring (bicyclic) bond motifs is 1. The number of hydrogen-bond donors (Lipinski definition) is 0. The monoisotopic (exact) mass is 597 g/mol. The lowest BCUT2D eigenvalue weighted by molar-refractivity contribution is 0.102. The van der Waals surface area contributed by atoms with Crippen LogP contribution in [0.4, 0.5) is 0 Å². The van der Waals surface area contributed by atoms with Crippen molar-refractivity contribution in [3.8, 4) is 5.69 Å². The first-order valence-electron chi connectivity index (χ1n) is 13.2. The molecule has 4 rings (SSSR count). The summed E-state index contributed by atoms with van der Waals surface area (Å²) in [7, 11) is -3.62. The van der Waals surface area contributed by atoms with Gasteiger partial charge >= 0.3 is 0 Å². The second kappa shape index (κ2) is 12.7. The van der Waals surface area contributed by atoms with Crippen LogP contribution in [0.3, 0.4) is 0 Å². The van der Waals surface area contributed by atoms with Crippen LogP contribution in [0, 0.1) is 0 Å². The fourth-order valence-electron chi connectivity index (χ4n) is 4.39. The first kappa shape index (κ1) is 30.0. The molecule has 210 valence electrons. The highest BCUT2D eigenvalue weighted by Crippen LogP contribution is 2.26. The molecule has 1 atom stereocenters. The molecular formula is C30H32ClN3O4S2. The Bertz CT molecular complexity index is 1680. The van der Waals surface area contributed by atoms with Gasteiger partial charge in [0.1, 0.15) is 0 Å². The molecule has 0 fully saturated rings. The fourth-order valence-corrected chi connectivity index (χ4v) is 6.92. The number of aromatic nitrogens is 2. The lowest BCUT2D eigenvalue weighted by Crippen LogP contribution is -2.30. The maximum atomic E-state index is 13.6. The van der Waals surface area contributed by atoms with Crippen LogP contribution in [0.25, 0.3) is 16.6 Å². The van der Waals surface area contributed by atoms with E-state index in [1.807, 2.05) is 24.3 Å². The van der Waals surface area contributed by atoms with Crippen molar-refractivity contribution < 1.29 is 13.2 Å². The van der Waals surface area contributed by atoms with E-state index in [9.17, 15) is 18.0 Å². The van der Waals surface area contributed by atoms with Crippen molar-refractivity contribution in [2.24, 2.45) is 0 Å². The quantitative estimate of drug-likeness (QED) is 0.111. The Hall–Kier alpha value is -2.98. The van der Waals surface area contributed by atoms with Crippen LogP contribution in [-0.2, 0) is 10.0 Å². The van der Waals surface area contributed by atoms with E-state index in [1.165, 1.54) is 38.7 Å². The molecule has 1 heterocycles. The lowest BCUT2D eigenvalue weighted by atomic mass is 9.98. The van der Waals surface area contributed by atoms with Gasteiger partial charge < -0.3 is 0 Å². The third kappa shape index (κ3) is 6.17. The Balaban J connectivity index is 1.66. The van der Waals surface area contributed by atoms with Gasteiger partial charge in [-0.1, -0.05) is 75.3 Å². The zero-order chi connectivity index (χ0) is 29.0. The average Bonchev–Trinajstić information content (AvgIpc) is 2.96. The molecule has 4 aromatic rings. The summed E-state index contributed by atoms with van der Waals surface area (Å²) in [5.41, 5.74) is 2.41. The highest BCUT2D eigenvalue weighted by molar-refractivity contribution is 7.99. The number of halogens is 1. The average molecular weight is 598 g/mol. The van der Waals surface area contributed by atoms with Crippen LogP contribution >= 0.6 is 23.4 Å². The van der Waals surface area contributed by atoms with Gasteiger partial charge in [-0.3, -0.25) is 14.2 Å². The molecule has 0 aliphatic rings. The first-order valence-corrected chi connectivity index (χ1v) is 16.0. The number of benzene rings is 3. The molecule has 1 aromatic heterocycles. The van der Waals surface area contributed by atoms with Gasteiger partial charge in [-0.15, -0.1) is 0 Å². The molecular weight excluding hydrogens is 566 g/mol. The molecule has 0 radical (unpaired) electrons. The molecule has 0 unspecified atom stereocenters. The Morgan fingerprint density at radius 3 is 2.25 bits per heavy atom. The summed E-state index contributed by atoms with van der Waals surface area (Å²) in [5.74, 6) is 0.185. The van der Waals surface area contributed by atoms with Crippen LogP contribution in [-0.4, -0.2) is 46.9 Å². The van der Waals surface area contributed by atoms with Crippen molar-refractivity contribution in [2.45, 2.75) is 50.1 Å². The third-order valence-corrected chi connectivity index (χ3v) is 10.2. The van der Waals surface area contributed by atoms with Gasteiger partial charge in [0.2, 0.25) is 10.0 Å². The Kier molecular flexibility index (Phi) is 9.51. The number of nitrogens with zero attached hydrogens (tertiary/aromatic N) is 3. The molecule has 0 saturated heterocycles. The van der Waals surface area contributed by atoms with Crippen LogP contribution in [0.5, 0.6) is 0 Å². The predicted molar refractivity (Wildman–Crippen MR) is 163 cm³/mol. The number of carbonyl (C=O) groups excluding carboxylic acids is 1. The molecule has 10 heteroatoms. The van der Waals surface area contributed by atoms with Crippen molar-refractivity contribution in [2.75, 3.05) is 18.8 Å². The molecule has 40 heavy (non-hydrogen) atoms. The van der Waals surface area contributed by atoms with Crippen LogP contribution in [0.1, 0.15) is 56.0 Å². The van der Waals surface area contributed by atoms with E-state index in [1.54, 1.807) is 32.0 Å². The Morgan fingerprint density at radius 2 is 1.65 bits per heavy atom. The van der Waals surface area contributed by atoms with E-state index in [4.69, 9.17) is 16.6 Å². The highest BCUT2D eigenvalue weighted by atomic mass is 35.5. The summed E-state index contributed by atoms with van der Waals surface area (Å²) < 4.78 is 28.5. The molecule has 0 bridgehead atoms. The molecule has 0 aliphatic carbocycles. The minimum absolute atomic E-state index is 0.00556. The standard InChI is InChI=1S/C30H32ClN3O4S2/c1-5-20(4)21-8-13-24(14-9-21)34-29(36)26-17-12-23(31)18-27(26)32-30(34)39-19-28(35)22-10-15-25(16-11-22)40(37,38)33(6-2)7-3/h8-18,20H,5-7,19H2,1-4H3/t20-/m0/s1. The van der Waals surface area contributed by atoms with Gasteiger partial charge in [-0.25, -0.2) is 13.4 Å². The number of ketones is 1. The summed E-state index contributed by atoms with van der Waals surface area (Å²) >= 11 is 7.33. The predicted octanol–water partition coefficient (Wildman–Crippen LogP) is 6.56. The SMILES string of the molecule is CC[C@H](C)c1ccc(-n2c(SCC(=O)c3ccc(S(=O)(=O)N(CC)CC)cc3)nc3cc(Cl)ccc3c2=O)cc1. The minimum Gasteiger partial charge on any atom is -0.293 e. The molecule has 0 saturated carbocycles. The normalized spacial score (nSPS) is 12.7. The smallest absolute Gasteiger partial charge is 0.266 e. The van der Waals surface area contributed by atoms with Crippen molar-refractivity contribution in [1.82, 2.24) is 13.9 Å². The van der Waals surface area contributed by atoms with E-state index >= 15 is 0 Å². The van der Waals surface area contributed by atoms with Crippen LogP contribution < -0.4 is 5.56 Å². The van der Waals surface area contributed by atoms with Crippen molar-refractivity contribution in [1.29, 1.82) is 0 Å². The second-order valence-electron chi connectivity index (χ2n) is 9.42. The van der Waals surface area contributed by atoms with Crippen LogP contribution in [0.2, 0.25) is 5.02 Å². The number of thioether (sulfide) groups is 1. The van der Waals surface area contributed by atoms with Gasteiger partial charge in [-0.2, -0.15) is 4.31 Å². The number of Topliss-reactive ketones (excluding diaryl/α,β-unsaturated/α-hetero) is 1. The first-order chi connectivity index (χ1) is 19.1. The fraction of sp³-hybridized carbons (Fsp3) is 0.300. The topological polar surface area (TPSA) is 89.3 Å². The molecule has 0 amide bonds. The summed E-state index contributed by atoms with van der Waals surface area (Å²) in [6.45, 7) is 8.57. The molecule has 0 N–H and O–H groups in total. The maximum Gasteiger partial charge on any atom is 0.266 e. The van der Waals surface area contributed by atoms with E-state index in [0.29, 0.717) is 51.3 Å². The van der Waals surface area contributed by atoms with Crippen LogP contribution in [0.15, 0.2) is 81.6 Å². The number of rotatable bonds is 11. The van der Waals surface area contributed by atoms with Crippen molar-refractivity contribution >= 4 is 50.1 Å². The summed E-state index contributed by atoms with van der Waals surface area (Å²) in [6, 6.07) is 18.7. The summed E-state index contributed by atoms with van der Waals surface area (Å²) in [5, 5.41) is 1.25. The number of sulfonamides is 1. The van der Waals surface area contributed by atoms with E-state index in [2.05, 4.69) is 13.8 Å². The zero-order valence-electron chi connectivity index (χ0n) is 22.9. The van der Waals surface area contributed by atoms with Crippen molar-refractivity contribution in [3.05, 3.63) is 93.2 Å².